The molecule has 0 bridgehead atoms. The quantitative estimate of drug-likeness (QED) is 0.723. The van der Waals surface area contributed by atoms with Gasteiger partial charge in [0.1, 0.15) is 0 Å². The lowest BCUT2D eigenvalue weighted by molar-refractivity contribution is -0.139. The highest BCUT2D eigenvalue weighted by molar-refractivity contribution is 6.11. The fourth-order valence-corrected chi connectivity index (χ4v) is 1.61. The highest BCUT2D eigenvalue weighted by Crippen LogP contribution is 2.26. The lowest BCUT2D eigenvalue weighted by Gasteiger charge is -2.13. The number of carbonyl (C=O) groups is 2. The van der Waals surface area contributed by atoms with Crippen LogP contribution >= 0.6 is 0 Å². The van der Waals surface area contributed by atoms with Crippen molar-refractivity contribution in [2.75, 3.05) is 7.11 Å². The summed E-state index contributed by atoms with van der Waals surface area (Å²) in [7, 11) is 1.38. The minimum Gasteiger partial charge on any atom is -0.469 e. The fourth-order valence-electron chi connectivity index (χ4n) is 1.61. The van der Waals surface area contributed by atoms with E-state index in [1.807, 2.05) is 24.3 Å². The number of benzene rings is 1. The average Bonchev–Trinajstić information content (AvgIpc) is 2.26. The number of esters is 1. The van der Waals surface area contributed by atoms with Gasteiger partial charge in [-0.2, -0.15) is 0 Å². The van der Waals surface area contributed by atoms with Crippen LogP contribution in [0, 0.1) is 0 Å². The number of methoxy groups -OCH3 is 1. The van der Waals surface area contributed by atoms with Gasteiger partial charge < -0.3 is 4.74 Å². The lowest BCUT2D eigenvalue weighted by atomic mass is 9.90. The Morgan fingerprint density at radius 1 is 1.31 bits per heavy atom. The first kappa shape index (κ1) is 10.6. The zero-order valence-electron chi connectivity index (χ0n) is 9.03. The Labute approximate surface area is 93.7 Å². The van der Waals surface area contributed by atoms with Crippen LogP contribution in [0.3, 0.4) is 0 Å². The van der Waals surface area contributed by atoms with E-state index in [-0.39, 0.29) is 18.2 Å². The molecule has 0 amide bonds. The summed E-state index contributed by atoms with van der Waals surface area (Å²) in [5.74, 6) is -0.0700. The summed E-state index contributed by atoms with van der Waals surface area (Å²) in [6.07, 6.45) is 2.46. The number of hydrogen-bond donors (Lipinski definition) is 0. The van der Waals surface area contributed by atoms with Crippen LogP contribution in [0.5, 0.6) is 0 Å². The summed E-state index contributed by atoms with van der Waals surface area (Å²) < 4.78 is 4.58. The fraction of sp³-hybridized carbons (Fsp3) is 0.231. The topological polar surface area (TPSA) is 43.4 Å². The van der Waals surface area contributed by atoms with Crippen LogP contribution in [0.15, 0.2) is 30.3 Å². The van der Waals surface area contributed by atoms with Crippen LogP contribution in [-0.2, 0) is 20.7 Å². The van der Waals surface area contributed by atoms with Crippen LogP contribution in [0.4, 0.5) is 0 Å². The molecule has 0 heterocycles. The predicted octanol–water partition coefficient (Wildman–Crippen LogP) is 1.76. The van der Waals surface area contributed by atoms with Crippen molar-refractivity contribution in [2.45, 2.75) is 12.8 Å². The molecule has 0 atom stereocenters. The minimum atomic E-state index is -0.245. The van der Waals surface area contributed by atoms with E-state index in [9.17, 15) is 9.59 Å². The maximum Gasteiger partial charge on any atom is 0.309 e. The van der Waals surface area contributed by atoms with Crippen LogP contribution in [0.2, 0.25) is 0 Å². The van der Waals surface area contributed by atoms with Crippen molar-refractivity contribution in [3.8, 4) is 0 Å². The second-order valence-electron chi connectivity index (χ2n) is 3.76. The Morgan fingerprint density at radius 2 is 1.94 bits per heavy atom. The molecule has 0 saturated heterocycles. The van der Waals surface area contributed by atoms with Crippen molar-refractivity contribution in [2.24, 2.45) is 0 Å². The maximum atomic E-state index is 11.0. The van der Waals surface area contributed by atoms with Crippen molar-refractivity contribution in [3.63, 3.8) is 0 Å². The number of rotatable bonds is 3. The van der Waals surface area contributed by atoms with Gasteiger partial charge in [0.15, 0.2) is 5.78 Å². The van der Waals surface area contributed by atoms with Crippen molar-refractivity contribution in [1.82, 2.24) is 0 Å². The molecule has 16 heavy (non-hydrogen) atoms. The lowest BCUT2D eigenvalue weighted by Crippen LogP contribution is -2.07. The molecule has 0 radical (unpaired) electrons. The SMILES string of the molecule is COC(=O)Cc1ccc(C2=CC(=O)C2)cc1. The van der Waals surface area contributed by atoms with Crippen LogP contribution in [-0.4, -0.2) is 18.9 Å². The first-order valence-electron chi connectivity index (χ1n) is 5.08. The van der Waals surface area contributed by atoms with Gasteiger partial charge in [0.25, 0.3) is 0 Å². The number of carbonyl (C=O) groups excluding carboxylic acids is 2. The van der Waals surface area contributed by atoms with Gasteiger partial charge in [-0.1, -0.05) is 24.3 Å². The molecule has 1 aromatic carbocycles. The number of ether oxygens (including phenoxy) is 1. The molecule has 0 aromatic heterocycles. The van der Waals surface area contributed by atoms with E-state index in [2.05, 4.69) is 4.74 Å². The Kier molecular flexibility index (Phi) is 2.86. The summed E-state index contributed by atoms with van der Waals surface area (Å²) in [5.41, 5.74) is 3.03. The highest BCUT2D eigenvalue weighted by atomic mass is 16.5. The van der Waals surface area contributed by atoms with E-state index >= 15 is 0 Å². The summed E-state index contributed by atoms with van der Waals surface area (Å²) in [6.45, 7) is 0. The molecule has 3 heteroatoms. The summed E-state index contributed by atoms with van der Waals surface area (Å²) in [4.78, 5) is 21.8. The molecule has 3 nitrogen and oxygen atoms in total. The molecular formula is C13H12O3. The summed E-state index contributed by atoms with van der Waals surface area (Å²) >= 11 is 0. The number of hydrogen-bond acceptors (Lipinski definition) is 3. The average molecular weight is 216 g/mol. The van der Waals surface area contributed by atoms with Gasteiger partial charge in [-0.05, 0) is 22.8 Å². The van der Waals surface area contributed by atoms with E-state index in [1.54, 1.807) is 6.08 Å². The zero-order chi connectivity index (χ0) is 11.5. The van der Waals surface area contributed by atoms with E-state index in [0.29, 0.717) is 6.42 Å². The molecule has 0 saturated carbocycles. The minimum absolute atomic E-state index is 0.175. The molecule has 1 aliphatic rings. The van der Waals surface area contributed by atoms with Crippen molar-refractivity contribution in [3.05, 3.63) is 41.5 Å². The van der Waals surface area contributed by atoms with Gasteiger partial charge in [-0.3, -0.25) is 9.59 Å². The Hall–Kier alpha value is -1.90. The molecule has 0 aliphatic heterocycles. The zero-order valence-corrected chi connectivity index (χ0v) is 9.03. The van der Waals surface area contributed by atoms with Crippen molar-refractivity contribution in [1.29, 1.82) is 0 Å². The first-order chi connectivity index (χ1) is 7.69. The number of allylic oxidation sites excluding steroid dienone is 2. The third-order valence-electron chi connectivity index (χ3n) is 2.60. The van der Waals surface area contributed by atoms with E-state index < -0.39 is 0 Å². The van der Waals surface area contributed by atoms with Crippen molar-refractivity contribution < 1.29 is 14.3 Å². The van der Waals surface area contributed by atoms with E-state index in [4.69, 9.17) is 0 Å². The van der Waals surface area contributed by atoms with Crippen LogP contribution in [0.25, 0.3) is 5.57 Å². The second-order valence-corrected chi connectivity index (χ2v) is 3.76. The molecule has 1 aliphatic carbocycles. The third kappa shape index (κ3) is 2.19. The van der Waals surface area contributed by atoms with Crippen molar-refractivity contribution >= 4 is 17.3 Å². The first-order valence-corrected chi connectivity index (χ1v) is 5.08. The largest absolute Gasteiger partial charge is 0.469 e. The van der Waals surface area contributed by atoms with Gasteiger partial charge in [0.05, 0.1) is 13.5 Å². The standard InChI is InChI=1S/C13H12O3/c1-16-13(15)6-9-2-4-10(5-3-9)11-7-12(14)8-11/h2-5,7H,6,8H2,1H3. The molecule has 0 fully saturated rings. The molecular weight excluding hydrogens is 204 g/mol. The molecule has 0 unspecified atom stereocenters. The predicted molar refractivity (Wildman–Crippen MR) is 59.8 cm³/mol. The maximum absolute atomic E-state index is 11.0. The van der Waals surface area contributed by atoms with Gasteiger partial charge >= 0.3 is 5.97 Å². The molecule has 2 rings (SSSR count). The third-order valence-corrected chi connectivity index (χ3v) is 2.60. The van der Waals surface area contributed by atoms with Gasteiger partial charge in [-0.15, -0.1) is 0 Å². The van der Waals surface area contributed by atoms with Crippen LogP contribution < -0.4 is 0 Å². The van der Waals surface area contributed by atoms with Gasteiger partial charge in [0.2, 0.25) is 0 Å². The summed E-state index contributed by atoms with van der Waals surface area (Å²) in [5, 5.41) is 0. The Bertz CT molecular complexity index is 455. The van der Waals surface area contributed by atoms with Crippen LogP contribution in [0.1, 0.15) is 17.5 Å². The van der Waals surface area contributed by atoms with Gasteiger partial charge in [0, 0.05) is 6.42 Å². The number of ketones is 1. The normalized spacial score (nSPS) is 14.1. The molecule has 0 N–H and O–H groups in total. The highest BCUT2D eigenvalue weighted by Gasteiger charge is 2.16. The smallest absolute Gasteiger partial charge is 0.309 e. The summed E-state index contributed by atoms with van der Waals surface area (Å²) in [6, 6.07) is 7.62. The molecule has 82 valence electrons. The monoisotopic (exact) mass is 216 g/mol. The molecule has 1 aromatic rings. The second kappa shape index (κ2) is 4.31. The Morgan fingerprint density at radius 3 is 2.44 bits per heavy atom. The molecule has 0 spiro atoms. The van der Waals surface area contributed by atoms with E-state index in [0.717, 1.165) is 16.7 Å². The Balaban J connectivity index is 2.08. The van der Waals surface area contributed by atoms with E-state index in [1.165, 1.54) is 7.11 Å². The van der Waals surface area contributed by atoms with Gasteiger partial charge in [-0.25, -0.2) is 0 Å².